The summed E-state index contributed by atoms with van der Waals surface area (Å²) in [4.78, 5) is 31.6. The number of rotatable bonds is 9. The topological polar surface area (TPSA) is 120 Å². The Morgan fingerprint density at radius 1 is 1.37 bits per heavy atom. The number of fused-ring (bicyclic) bond motifs is 1. The number of nitrogens with zero attached hydrogens (tertiary/aromatic N) is 5. The Labute approximate surface area is 181 Å². The first-order valence-electron chi connectivity index (χ1n) is 10.1. The number of aromatic amines is 1. The van der Waals surface area contributed by atoms with Crippen molar-refractivity contribution >= 4 is 39.4 Å². The molecule has 4 rings (SSSR count). The number of aryl methyl sites for hydroxylation is 2. The van der Waals surface area contributed by atoms with Crippen molar-refractivity contribution < 1.29 is 4.74 Å². The number of aromatic nitrogens is 6. The molecule has 0 bridgehead atoms. The Balaban J connectivity index is 1.47. The Bertz CT molecular complexity index is 1130. The van der Waals surface area contributed by atoms with Crippen LogP contribution in [0.3, 0.4) is 0 Å². The number of hydrogen-bond donors (Lipinski definition) is 2. The van der Waals surface area contributed by atoms with Crippen LogP contribution in [0.2, 0.25) is 0 Å². The molecule has 0 aliphatic carbocycles. The molecule has 12 heteroatoms. The van der Waals surface area contributed by atoms with Crippen LogP contribution in [0.15, 0.2) is 13.9 Å². The third kappa shape index (κ3) is 4.44. The second-order valence-corrected chi connectivity index (χ2v) is 9.40. The van der Waals surface area contributed by atoms with Crippen LogP contribution in [0.4, 0.5) is 5.13 Å². The molecule has 4 heterocycles. The van der Waals surface area contributed by atoms with Crippen LogP contribution in [-0.2, 0) is 24.1 Å². The fraction of sp³-hybridized carbons (Fsp3) is 0.611. The van der Waals surface area contributed by atoms with Gasteiger partial charge in [0.15, 0.2) is 15.5 Å². The molecule has 2 N–H and O–H groups in total. The molecule has 1 aliphatic heterocycles. The van der Waals surface area contributed by atoms with E-state index in [1.807, 2.05) is 0 Å². The first-order chi connectivity index (χ1) is 14.6. The Hall–Kier alpha value is -2.18. The van der Waals surface area contributed by atoms with Gasteiger partial charge in [0.05, 0.1) is 11.9 Å². The number of H-pyrrole nitrogens is 1. The highest BCUT2D eigenvalue weighted by Gasteiger charge is 2.18. The number of unbranched alkanes of at least 4 members (excludes halogenated alkanes) is 1. The van der Waals surface area contributed by atoms with Crippen molar-refractivity contribution in [3.63, 3.8) is 0 Å². The van der Waals surface area contributed by atoms with Gasteiger partial charge in [0.1, 0.15) is 5.82 Å². The molecule has 162 valence electrons. The van der Waals surface area contributed by atoms with Crippen molar-refractivity contribution in [3.05, 3.63) is 26.7 Å². The largest absolute Gasteiger partial charge is 0.376 e. The molecule has 1 fully saturated rings. The van der Waals surface area contributed by atoms with Crippen LogP contribution in [0.25, 0.3) is 11.2 Å². The average molecular weight is 452 g/mol. The van der Waals surface area contributed by atoms with Crippen molar-refractivity contribution in [1.82, 2.24) is 29.3 Å². The van der Waals surface area contributed by atoms with E-state index in [1.165, 1.54) is 23.1 Å². The highest BCUT2D eigenvalue weighted by molar-refractivity contribution is 8.00. The van der Waals surface area contributed by atoms with Gasteiger partial charge in [-0.2, -0.15) is 0 Å². The smallest absolute Gasteiger partial charge is 0.330 e. The first kappa shape index (κ1) is 21.1. The summed E-state index contributed by atoms with van der Waals surface area (Å²) in [6, 6.07) is 0. The molecule has 0 aromatic carbocycles. The molecular formula is C18H25N7O3S2. The summed E-state index contributed by atoms with van der Waals surface area (Å²) < 4.78 is 9.72. The summed E-state index contributed by atoms with van der Waals surface area (Å²) in [5, 5.41) is 12.4. The van der Waals surface area contributed by atoms with Gasteiger partial charge in [0.25, 0.3) is 5.56 Å². The fourth-order valence-corrected chi connectivity index (χ4v) is 5.16. The van der Waals surface area contributed by atoms with Crippen molar-refractivity contribution in [1.29, 1.82) is 0 Å². The highest BCUT2D eigenvalue weighted by Crippen LogP contribution is 2.28. The van der Waals surface area contributed by atoms with E-state index in [9.17, 15) is 9.59 Å². The average Bonchev–Trinajstić information content (AvgIpc) is 3.45. The minimum Gasteiger partial charge on any atom is -0.376 e. The van der Waals surface area contributed by atoms with Crippen molar-refractivity contribution in [2.75, 3.05) is 18.5 Å². The lowest BCUT2D eigenvalue weighted by Gasteiger charge is -2.08. The lowest BCUT2D eigenvalue weighted by atomic mass is 10.2. The summed E-state index contributed by atoms with van der Waals surface area (Å²) in [6.07, 6.45) is 4.21. The van der Waals surface area contributed by atoms with Crippen molar-refractivity contribution in [2.45, 2.75) is 55.3 Å². The van der Waals surface area contributed by atoms with E-state index >= 15 is 0 Å². The molecule has 0 spiro atoms. The van der Waals surface area contributed by atoms with Crippen molar-refractivity contribution in [2.24, 2.45) is 7.05 Å². The number of nitrogens with one attached hydrogen (secondary N) is 2. The zero-order valence-electron chi connectivity index (χ0n) is 17.0. The molecule has 10 nitrogen and oxygen atoms in total. The number of imidazole rings is 1. The van der Waals surface area contributed by atoms with Crippen LogP contribution >= 0.6 is 23.1 Å². The van der Waals surface area contributed by atoms with Crippen LogP contribution in [-0.4, -0.2) is 48.6 Å². The van der Waals surface area contributed by atoms with Crippen LogP contribution in [0.1, 0.15) is 38.4 Å². The Morgan fingerprint density at radius 3 is 3.00 bits per heavy atom. The molecule has 3 aromatic rings. The monoisotopic (exact) mass is 451 g/mol. The Morgan fingerprint density at radius 2 is 2.23 bits per heavy atom. The zero-order chi connectivity index (χ0) is 21.1. The maximum atomic E-state index is 12.3. The van der Waals surface area contributed by atoms with E-state index < -0.39 is 11.2 Å². The van der Waals surface area contributed by atoms with Gasteiger partial charge in [0.2, 0.25) is 5.13 Å². The third-order valence-corrected chi connectivity index (χ3v) is 7.09. The van der Waals surface area contributed by atoms with Gasteiger partial charge >= 0.3 is 5.69 Å². The molecule has 1 unspecified atom stereocenters. The fourth-order valence-electron chi connectivity index (χ4n) is 3.42. The van der Waals surface area contributed by atoms with Gasteiger partial charge in [-0.05, 0) is 19.3 Å². The predicted molar refractivity (Wildman–Crippen MR) is 117 cm³/mol. The molecule has 0 saturated carbocycles. The number of ether oxygens (including phenoxy) is 1. The summed E-state index contributed by atoms with van der Waals surface area (Å²) in [7, 11) is 1.80. The Kier molecular flexibility index (Phi) is 6.54. The lowest BCUT2D eigenvalue weighted by molar-refractivity contribution is 0.120. The standard InChI is InChI=1S/C18H25N7O3S2/c1-3-4-7-25-14-13(15(26)21-17(25)27)24(2)12(20-14)10-29-18-23-22-16(30-18)19-9-11-6-5-8-28-11/h11H,3-10H2,1-2H3,(H,19,22)(H,21,26,27). The minimum atomic E-state index is -0.413. The zero-order valence-corrected chi connectivity index (χ0v) is 18.6. The van der Waals surface area contributed by atoms with Gasteiger partial charge in [-0.15, -0.1) is 10.2 Å². The van der Waals surface area contributed by atoms with E-state index in [1.54, 1.807) is 16.2 Å². The molecule has 1 atom stereocenters. The molecule has 1 aliphatic rings. The van der Waals surface area contributed by atoms with Gasteiger partial charge < -0.3 is 14.6 Å². The molecule has 1 saturated heterocycles. The maximum absolute atomic E-state index is 12.3. The SMILES string of the molecule is CCCCn1c(=O)[nH]c(=O)c2c1nc(CSc1nnc(NCC3CCCO3)s1)n2C. The quantitative estimate of drug-likeness (QED) is 0.474. The summed E-state index contributed by atoms with van der Waals surface area (Å²) >= 11 is 2.99. The number of anilines is 1. The van der Waals surface area contributed by atoms with Crippen LogP contribution < -0.4 is 16.6 Å². The van der Waals surface area contributed by atoms with Gasteiger partial charge in [0, 0.05) is 26.7 Å². The van der Waals surface area contributed by atoms with E-state index in [2.05, 4.69) is 32.4 Å². The third-order valence-electron chi connectivity index (χ3n) is 5.08. The molecule has 3 aromatic heterocycles. The molecule has 0 amide bonds. The van der Waals surface area contributed by atoms with E-state index in [4.69, 9.17) is 4.74 Å². The maximum Gasteiger partial charge on any atom is 0.330 e. The van der Waals surface area contributed by atoms with Gasteiger partial charge in [-0.3, -0.25) is 14.3 Å². The number of hydrogen-bond acceptors (Lipinski definition) is 9. The lowest BCUT2D eigenvalue weighted by Crippen LogP contribution is -2.31. The number of thioether (sulfide) groups is 1. The van der Waals surface area contributed by atoms with Crippen molar-refractivity contribution in [3.8, 4) is 0 Å². The van der Waals surface area contributed by atoms with E-state index in [0.29, 0.717) is 29.3 Å². The van der Waals surface area contributed by atoms with E-state index in [0.717, 1.165) is 48.3 Å². The summed E-state index contributed by atoms with van der Waals surface area (Å²) in [5.41, 5.74) is 0.0267. The van der Waals surface area contributed by atoms with Crippen LogP contribution in [0.5, 0.6) is 0 Å². The minimum absolute atomic E-state index is 0.244. The van der Waals surface area contributed by atoms with Gasteiger partial charge in [-0.1, -0.05) is 36.4 Å². The van der Waals surface area contributed by atoms with Crippen LogP contribution in [0, 0.1) is 0 Å². The predicted octanol–water partition coefficient (Wildman–Crippen LogP) is 1.96. The molecule has 30 heavy (non-hydrogen) atoms. The summed E-state index contributed by atoms with van der Waals surface area (Å²) in [6.45, 7) is 4.15. The molecular weight excluding hydrogens is 426 g/mol. The second-order valence-electron chi connectivity index (χ2n) is 7.20. The van der Waals surface area contributed by atoms with Gasteiger partial charge in [-0.25, -0.2) is 9.78 Å². The first-order valence-corrected chi connectivity index (χ1v) is 11.9. The second kappa shape index (κ2) is 9.31. The molecule has 0 radical (unpaired) electrons. The normalized spacial score (nSPS) is 16.5. The summed E-state index contributed by atoms with van der Waals surface area (Å²) in [5.74, 6) is 1.23. The highest BCUT2D eigenvalue weighted by atomic mass is 32.2. The van der Waals surface area contributed by atoms with E-state index in [-0.39, 0.29) is 6.10 Å².